The molecule has 0 aliphatic carbocycles. The van der Waals surface area contributed by atoms with E-state index in [0.29, 0.717) is 32.8 Å². The van der Waals surface area contributed by atoms with Gasteiger partial charge in [0.2, 0.25) is 0 Å². The summed E-state index contributed by atoms with van der Waals surface area (Å²) in [6, 6.07) is 19.4. The minimum absolute atomic E-state index is 0.208. The van der Waals surface area contributed by atoms with E-state index in [9.17, 15) is 4.79 Å². The Labute approximate surface area is 167 Å². The lowest BCUT2D eigenvalue weighted by atomic mass is 10.1. The van der Waals surface area contributed by atoms with Crippen molar-refractivity contribution in [1.82, 2.24) is 0 Å². The second kappa shape index (κ2) is 8.80. The molecule has 4 nitrogen and oxygen atoms in total. The smallest absolute Gasteiger partial charge is 0.255 e. The Morgan fingerprint density at radius 2 is 1.63 bits per heavy atom. The second-order valence-corrected chi connectivity index (χ2v) is 6.49. The minimum atomic E-state index is -0.273. The zero-order valence-corrected chi connectivity index (χ0v) is 16.1. The van der Waals surface area contributed by atoms with Crippen molar-refractivity contribution in [3.05, 3.63) is 87.9 Å². The molecule has 0 spiro atoms. The highest BCUT2D eigenvalue weighted by atomic mass is 35.5. The van der Waals surface area contributed by atoms with E-state index in [4.69, 9.17) is 32.7 Å². The molecule has 0 aliphatic heterocycles. The maximum absolute atomic E-state index is 12.6. The van der Waals surface area contributed by atoms with Gasteiger partial charge < -0.3 is 14.8 Å². The van der Waals surface area contributed by atoms with E-state index >= 15 is 0 Å². The largest absolute Gasteiger partial charge is 0.496 e. The van der Waals surface area contributed by atoms with Crippen LogP contribution in [0.1, 0.15) is 15.9 Å². The van der Waals surface area contributed by atoms with Crippen LogP contribution in [0.2, 0.25) is 10.0 Å². The third-order valence-corrected chi connectivity index (χ3v) is 4.53. The number of carbonyl (C=O) groups is 1. The average Bonchev–Trinajstić information content (AvgIpc) is 2.69. The van der Waals surface area contributed by atoms with Gasteiger partial charge in [0.05, 0.1) is 22.8 Å². The van der Waals surface area contributed by atoms with Crippen LogP contribution in [0.5, 0.6) is 11.5 Å². The molecule has 138 valence electrons. The number of halogens is 2. The van der Waals surface area contributed by atoms with Gasteiger partial charge in [0.15, 0.2) is 0 Å². The van der Waals surface area contributed by atoms with Crippen molar-refractivity contribution in [2.45, 2.75) is 6.61 Å². The van der Waals surface area contributed by atoms with E-state index in [1.54, 1.807) is 61.7 Å². The number of benzene rings is 3. The van der Waals surface area contributed by atoms with E-state index in [1.807, 2.05) is 12.1 Å². The number of para-hydroxylation sites is 2. The topological polar surface area (TPSA) is 47.6 Å². The minimum Gasteiger partial charge on any atom is -0.496 e. The van der Waals surface area contributed by atoms with Gasteiger partial charge in [-0.2, -0.15) is 0 Å². The molecule has 3 aromatic carbocycles. The zero-order valence-electron chi connectivity index (χ0n) is 14.5. The van der Waals surface area contributed by atoms with Gasteiger partial charge in [0.1, 0.15) is 18.1 Å². The number of methoxy groups -OCH3 is 1. The van der Waals surface area contributed by atoms with Gasteiger partial charge in [0.25, 0.3) is 5.91 Å². The van der Waals surface area contributed by atoms with Crippen molar-refractivity contribution < 1.29 is 14.3 Å². The first-order chi connectivity index (χ1) is 13.1. The molecule has 3 aromatic rings. The fraction of sp³-hybridized carbons (Fsp3) is 0.0952. The van der Waals surface area contributed by atoms with Crippen molar-refractivity contribution in [3.63, 3.8) is 0 Å². The maximum Gasteiger partial charge on any atom is 0.255 e. The Bertz CT molecular complexity index is 960. The van der Waals surface area contributed by atoms with Crippen LogP contribution in [0.4, 0.5) is 5.69 Å². The summed E-state index contributed by atoms with van der Waals surface area (Å²) in [5, 5.41) is 3.79. The highest BCUT2D eigenvalue weighted by Crippen LogP contribution is 2.27. The first kappa shape index (κ1) is 19.1. The summed E-state index contributed by atoms with van der Waals surface area (Å²) in [7, 11) is 1.57. The molecule has 27 heavy (non-hydrogen) atoms. The van der Waals surface area contributed by atoms with E-state index in [2.05, 4.69) is 5.32 Å². The quantitative estimate of drug-likeness (QED) is 0.564. The molecule has 0 aliphatic rings. The summed E-state index contributed by atoms with van der Waals surface area (Å²) < 4.78 is 11.1. The molecule has 0 atom stereocenters. The van der Waals surface area contributed by atoms with Gasteiger partial charge in [0, 0.05) is 11.1 Å². The Morgan fingerprint density at radius 3 is 2.33 bits per heavy atom. The predicted molar refractivity (Wildman–Crippen MR) is 108 cm³/mol. The van der Waals surface area contributed by atoms with Crippen molar-refractivity contribution >= 4 is 34.8 Å². The standard InChI is InChI=1S/C21H17Cl2NO3/c1-26-19-11-10-14(21(25)24-18-8-4-2-6-16(18)22)12-15(19)13-27-20-9-5-3-7-17(20)23/h2-12H,13H2,1H3,(H,24,25). The number of ether oxygens (including phenoxy) is 2. The number of rotatable bonds is 6. The number of nitrogens with one attached hydrogen (secondary N) is 1. The highest BCUT2D eigenvalue weighted by Gasteiger charge is 2.13. The molecule has 0 saturated heterocycles. The third-order valence-electron chi connectivity index (χ3n) is 3.88. The molecule has 0 saturated carbocycles. The van der Waals surface area contributed by atoms with E-state index in [0.717, 1.165) is 5.56 Å². The van der Waals surface area contributed by atoms with Crippen LogP contribution in [0.3, 0.4) is 0 Å². The number of carbonyl (C=O) groups excluding carboxylic acids is 1. The van der Waals surface area contributed by atoms with Crippen molar-refractivity contribution in [1.29, 1.82) is 0 Å². The SMILES string of the molecule is COc1ccc(C(=O)Nc2ccccc2Cl)cc1COc1ccccc1Cl. The summed E-state index contributed by atoms with van der Waals surface area (Å²) in [6.07, 6.45) is 0. The van der Waals surface area contributed by atoms with Crippen LogP contribution < -0.4 is 14.8 Å². The van der Waals surface area contributed by atoms with Crippen LogP contribution >= 0.6 is 23.2 Å². The molecular formula is C21H17Cl2NO3. The van der Waals surface area contributed by atoms with Gasteiger partial charge in [-0.1, -0.05) is 47.5 Å². The van der Waals surface area contributed by atoms with Gasteiger partial charge in [-0.25, -0.2) is 0 Å². The summed E-state index contributed by atoms with van der Waals surface area (Å²) in [5.74, 6) is 0.910. The van der Waals surface area contributed by atoms with Crippen LogP contribution in [-0.4, -0.2) is 13.0 Å². The predicted octanol–water partition coefficient (Wildman–Crippen LogP) is 5.83. The molecule has 0 aromatic heterocycles. The number of hydrogen-bond donors (Lipinski definition) is 1. The summed E-state index contributed by atoms with van der Waals surface area (Å²) in [6.45, 7) is 0.208. The van der Waals surface area contributed by atoms with Crippen LogP contribution in [0, 0.1) is 0 Å². The lowest BCUT2D eigenvalue weighted by molar-refractivity contribution is 0.102. The summed E-state index contributed by atoms with van der Waals surface area (Å²) in [5.41, 5.74) is 1.74. The molecule has 1 amide bonds. The van der Waals surface area contributed by atoms with Crippen LogP contribution in [0.15, 0.2) is 66.7 Å². The van der Waals surface area contributed by atoms with E-state index in [1.165, 1.54) is 0 Å². The second-order valence-electron chi connectivity index (χ2n) is 5.68. The first-order valence-corrected chi connectivity index (χ1v) is 8.94. The molecule has 3 rings (SSSR count). The van der Waals surface area contributed by atoms with Crippen LogP contribution in [0.25, 0.3) is 0 Å². The van der Waals surface area contributed by atoms with Crippen LogP contribution in [-0.2, 0) is 6.61 Å². The maximum atomic E-state index is 12.6. The average molecular weight is 402 g/mol. The Kier molecular flexibility index (Phi) is 6.22. The highest BCUT2D eigenvalue weighted by molar-refractivity contribution is 6.34. The van der Waals surface area contributed by atoms with Gasteiger partial charge in [-0.3, -0.25) is 4.79 Å². The molecule has 6 heteroatoms. The number of anilines is 1. The Hall–Kier alpha value is -2.69. The lowest BCUT2D eigenvalue weighted by Crippen LogP contribution is -2.13. The number of amides is 1. The van der Waals surface area contributed by atoms with Crippen molar-refractivity contribution in [2.24, 2.45) is 0 Å². The van der Waals surface area contributed by atoms with Gasteiger partial charge >= 0.3 is 0 Å². The Balaban J connectivity index is 1.79. The molecule has 0 heterocycles. The monoisotopic (exact) mass is 401 g/mol. The normalized spacial score (nSPS) is 10.3. The first-order valence-electron chi connectivity index (χ1n) is 8.18. The molecule has 0 radical (unpaired) electrons. The molecule has 0 fully saturated rings. The van der Waals surface area contributed by atoms with Crippen molar-refractivity contribution in [2.75, 3.05) is 12.4 Å². The van der Waals surface area contributed by atoms with Crippen molar-refractivity contribution in [3.8, 4) is 11.5 Å². The molecule has 1 N–H and O–H groups in total. The van der Waals surface area contributed by atoms with Gasteiger partial charge in [-0.15, -0.1) is 0 Å². The lowest BCUT2D eigenvalue weighted by Gasteiger charge is -2.13. The molecular weight excluding hydrogens is 385 g/mol. The van der Waals surface area contributed by atoms with E-state index < -0.39 is 0 Å². The Morgan fingerprint density at radius 1 is 0.926 bits per heavy atom. The van der Waals surface area contributed by atoms with Gasteiger partial charge in [-0.05, 0) is 42.5 Å². The number of hydrogen-bond acceptors (Lipinski definition) is 3. The molecule has 0 unspecified atom stereocenters. The summed E-state index contributed by atoms with van der Waals surface area (Å²) in [4.78, 5) is 12.6. The zero-order chi connectivity index (χ0) is 19.2. The third kappa shape index (κ3) is 4.73. The fourth-order valence-corrected chi connectivity index (χ4v) is 2.88. The summed E-state index contributed by atoms with van der Waals surface area (Å²) >= 11 is 12.2. The fourth-order valence-electron chi connectivity index (χ4n) is 2.51. The molecule has 0 bridgehead atoms. The van der Waals surface area contributed by atoms with E-state index in [-0.39, 0.29) is 12.5 Å².